The minimum Gasteiger partial charge on any atom is -0.329 e. The van der Waals surface area contributed by atoms with E-state index in [1.165, 1.54) is 0 Å². The van der Waals surface area contributed by atoms with Gasteiger partial charge >= 0.3 is 0 Å². The van der Waals surface area contributed by atoms with Crippen LogP contribution in [0, 0.1) is 13.1 Å². The minimum atomic E-state index is 0.435. The second kappa shape index (κ2) is 1.78. The summed E-state index contributed by atoms with van der Waals surface area (Å²) in [6.07, 6.45) is 2.78. The maximum absolute atomic E-state index is 5.48. The summed E-state index contributed by atoms with van der Waals surface area (Å²) in [5.41, 5.74) is 0. The molecule has 1 aromatic heterocycles. The fourth-order valence-electron chi connectivity index (χ4n) is 0.461. The standard InChI is InChI=1S/C5H6ClN2/c1-4-7-5(6)3-8(4)2/h1-2H3. The Balaban J connectivity index is 3.14. The molecule has 0 spiro atoms. The average Bonchev–Trinajstić information content (AvgIpc) is 1.85. The van der Waals surface area contributed by atoms with E-state index in [1.807, 2.05) is 14.0 Å². The van der Waals surface area contributed by atoms with Gasteiger partial charge in [-0.05, 0) is 6.92 Å². The molecule has 0 N–H and O–H groups in total. The first-order valence-corrected chi connectivity index (χ1v) is 2.66. The number of rotatable bonds is 0. The molecule has 0 unspecified atom stereocenters. The Morgan fingerprint density at radius 3 is 2.50 bits per heavy atom. The summed E-state index contributed by atoms with van der Waals surface area (Å²) in [5.74, 6) is 0.884. The lowest BCUT2D eigenvalue weighted by atomic mass is 10.7. The van der Waals surface area contributed by atoms with Gasteiger partial charge in [0.25, 0.3) is 0 Å². The molecule has 0 saturated carbocycles. The highest BCUT2D eigenvalue weighted by Gasteiger charge is 1.94. The average molecular weight is 130 g/mol. The highest BCUT2D eigenvalue weighted by atomic mass is 35.5. The van der Waals surface area contributed by atoms with Crippen molar-refractivity contribution in [2.75, 3.05) is 0 Å². The van der Waals surface area contributed by atoms with Crippen molar-refractivity contribution in [2.45, 2.75) is 6.92 Å². The van der Waals surface area contributed by atoms with Gasteiger partial charge in [-0.15, -0.1) is 0 Å². The van der Waals surface area contributed by atoms with Gasteiger partial charge in [-0.2, -0.15) is 0 Å². The number of aryl methyl sites for hydroxylation is 2. The van der Waals surface area contributed by atoms with Crippen LogP contribution >= 0.6 is 11.6 Å². The zero-order valence-electron chi connectivity index (χ0n) is 4.77. The van der Waals surface area contributed by atoms with E-state index in [9.17, 15) is 0 Å². The van der Waals surface area contributed by atoms with Crippen molar-refractivity contribution in [3.8, 4) is 0 Å². The quantitative estimate of drug-likeness (QED) is 0.515. The topological polar surface area (TPSA) is 17.8 Å². The van der Waals surface area contributed by atoms with Crippen LogP contribution in [0.2, 0.25) is 5.15 Å². The summed E-state index contributed by atoms with van der Waals surface area (Å²) in [7, 11) is 1.86. The smallest absolute Gasteiger partial charge is 0.157 e. The van der Waals surface area contributed by atoms with Gasteiger partial charge in [0.2, 0.25) is 0 Å². The number of halogens is 1. The Bertz CT molecular complexity index is 173. The summed E-state index contributed by atoms with van der Waals surface area (Å²) in [6, 6.07) is 0. The summed E-state index contributed by atoms with van der Waals surface area (Å²) in [5, 5.41) is 0.435. The predicted octanol–water partition coefficient (Wildman–Crippen LogP) is 1.18. The van der Waals surface area contributed by atoms with Crippen LogP contribution in [-0.2, 0) is 7.05 Å². The molecule has 0 bridgehead atoms. The minimum absolute atomic E-state index is 0.435. The van der Waals surface area contributed by atoms with Gasteiger partial charge in [0.15, 0.2) is 5.15 Å². The highest BCUT2D eigenvalue weighted by Crippen LogP contribution is 2.03. The molecule has 43 valence electrons. The number of imidazole rings is 1. The first-order chi connectivity index (χ1) is 3.70. The van der Waals surface area contributed by atoms with E-state index in [4.69, 9.17) is 11.6 Å². The van der Waals surface area contributed by atoms with Crippen LogP contribution in [0.3, 0.4) is 0 Å². The van der Waals surface area contributed by atoms with Gasteiger partial charge in [0.1, 0.15) is 12.0 Å². The molecule has 1 heterocycles. The molecule has 0 aromatic carbocycles. The lowest BCUT2D eigenvalue weighted by Crippen LogP contribution is -1.87. The first-order valence-electron chi connectivity index (χ1n) is 2.28. The van der Waals surface area contributed by atoms with Crippen LogP contribution in [0.25, 0.3) is 0 Å². The van der Waals surface area contributed by atoms with Crippen molar-refractivity contribution in [1.82, 2.24) is 9.55 Å². The third kappa shape index (κ3) is 0.842. The van der Waals surface area contributed by atoms with Gasteiger partial charge in [0.05, 0.1) is 0 Å². The zero-order chi connectivity index (χ0) is 6.15. The van der Waals surface area contributed by atoms with Crippen LogP contribution in [0.5, 0.6) is 0 Å². The molecule has 0 aliphatic rings. The van der Waals surface area contributed by atoms with Crippen molar-refractivity contribution < 1.29 is 0 Å². The normalized spacial score (nSPS) is 9.88. The SMILES string of the molecule is Cc1nc(Cl)[c]n1C. The number of hydrogen-bond acceptors (Lipinski definition) is 1. The maximum atomic E-state index is 5.48. The van der Waals surface area contributed by atoms with Gasteiger partial charge < -0.3 is 4.57 Å². The van der Waals surface area contributed by atoms with Gasteiger partial charge in [-0.3, -0.25) is 0 Å². The lowest BCUT2D eigenvalue weighted by Gasteiger charge is -1.86. The summed E-state index contributed by atoms with van der Waals surface area (Å²) < 4.78 is 1.75. The highest BCUT2D eigenvalue weighted by molar-refractivity contribution is 6.29. The van der Waals surface area contributed by atoms with E-state index < -0.39 is 0 Å². The Labute approximate surface area is 53.1 Å². The molecule has 0 aliphatic carbocycles. The number of nitrogens with zero attached hydrogens (tertiary/aromatic N) is 2. The van der Waals surface area contributed by atoms with Crippen LogP contribution < -0.4 is 0 Å². The second-order valence-electron chi connectivity index (χ2n) is 1.62. The Kier molecular flexibility index (Phi) is 1.26. The van der Waals surface area contributed by atoms with E-state index in [2.05, 4.69) is 11.2 Å². The summed E-state index contributed by atoms with van der Waals surface area (Å²) in [6.45, 7) is 1.88. The molecular formula is C5H6ClN2. The Morgan fingerprint density at radius 1 is 1.75 bits per heavy atom. The van der Waals surface area contributed by atoms with E-state index >= 15 is 0 Å². The van der Waals surface area contributed by atoms with Crippen molar-refractivity contribution in [2.24, 2.45) is 7.05 Å². The van der Waals surface area contributed by atoms with E-state index in [0.717, 1.165) is 5.82 Å². The van der Waals surface area contributed by atoms with E-state index in [0.29, 0.717) is 5.15 Å². The molecule has 8 heavy (non-hydrogen) atoms. The molecule has 3 heteroatoms. The third-order valence-corrected chi connectivity index (χ3v) is 1.17. The van der Waals surface area contributed by atoms with Crippen molar-refractivity contribution in [1.29, 1.82) is 0 Å². The maximum Gasteiger partial charge on any atom is 0.157 e. The Morgan fingerprint density at radius 2 is 2.38 bits per heavy atom. The largest absolute Gasteiger partial charge is 0.329 e. The number of aromatic nitrogens is 2. The van der Waals surface area contributed by atoms with Gasteiger partial charge in [0, 0.05) is 7.05 Å². The van der Waals surface area contributed by atoms with Crippen LogP contribution in [0.1, 0.15) is 5.82 Å². The molecule has 0 atom stereocenters. The third-order valence-electron chi connectivity index (χ3n) is 1.01. The van der Waals surface area contributed by atoms with Crippen LogP contribution in [0.4, 0.5) is 0 Å². The van der Waals surface area contributed by atoms with Crippen LogP contribution in [-0.4, -0.2) is 9.55 Å². The molecule has 0 fully saturated rings. The molecule has 2 nitrogen and oxygen atoms in total. The predicted molar refractivity (Wildman–Crippen MR) is 31.8 cm³/mol. The second-order valence-corrected chi connectivity index (χ2v) is 1.98. The first kappa shape index (κ1) is 5.63. The fraction of sp³-hybridized carbons (Fsp3) is 0.400. The molecular weight excluding hydrogens is 124 g/mol. The molecule has 0 aliphatic heterocycles. The molecule has 1 radical (unpaired) electrons. The summed E-state index contributed by atoms with van der Waals surface area (Å²) in [4.78, 5) is 3.88. The van der Waals surface area contributed by atoms with Gasteiger partial charge in [-0.1, -0.05) is 11.6 Å². The molecule has 1 rings (SSSR count). The molecule has 0 amide bonds. The Hall–Kier alpha value is -0.500. The monoisotopic (exact) mass is 129 g/mol. The number of hydrogen-bond donors (Lipinski definition) is 0. The van der Waals surface area contributed by atoms with Crippen molar-refractivity contribution in [3.63, 3.8) is 0 Å². The molecule has 0 saturated heterocycles. The van der Waals surface area contributed by atoms with E-state index in [1.54, 1.807) is 4.57 Å². The molecule has 1 aromatic rings. The fourth-order valence-corrected chi connectivity index (χ4v) is 0.710. The van der Waals surface area contributed by atoms with Crippen molar-refractivity contribution >= 4 is 11.6 Å². The zero-order valence-corrected chi connectivity index (χ0v) is 5.53. The lowest BCUT2D eigenvalue weighted by molar-refractivity contribution is 0.852. The van der Waals surface area contributed by atoms with Crippen LogP contribution in [0.15, 0.2) is 0 Å². The van der Waals surface area contributed by atoms with Crippen molar-refractivity contribution in [3.05, 3.63) is 17.2 Å². The van der Waals surface area contributed by atoms with Gasteiger partial charge in [-0.25, -0.2) is 4.98 Å². The summed E-state index contributed by atoms with van der Waals surface area (Å²) >= 11 is 5.48. The van der Waals surface area contributed by atoms with E-state index in [-0.39, 0.29) is 0 Å².